The van der Waals surface area contributed by atoms with Crippen molar-refractivity contribution < 1.29 is 18.4 Å². The molecule has 7 heteroatoms. The van der Waals surface area contributed by atoms with Crippen LogP contribution in [0.4, 0.5) is 15.8 Å². The van der Waals surface area contributed by atoms with Gasteiger partial charge in [-0.25, -0.2) is 4.39 Å². The molecule has 0 fully saturated rings. The van der Waals surface area contributed by atoms with Crippen LogP contribution in [0.25, 0.3) is 11.0 Å². The molecule has 5 nitrogen and oxygen atoms in total. The van der Waals surface area contributed by atoms with Gasteiger partial charge in [0.2, 0.25) is 5.76 Å². The van der Waals surface area contributed by atoms with Crippen molar-refractivity contribution in [2.45, 2.75) is 0 Å². The average molecular weight is 409 g/mol. The molecule has 0 aliphatic carbocycles. The van der Waals surface area contributed by atoms with Gasteiger partial charge in [-0.15, -0.1) is 0 Å². The number of carbonyl (C=O) groups is 2. The summed E-state index contributed by atoms with van der Waals surface area (Å²) in [4.78, 5) is 25.5. The van der Waals surface area contributed by atoms with Crippen LogP contribution in [0, 0.1) is 5.82 Å². The largest absolute Gasteiger partial charge is 0.449 e. The summed E-state index contributed by atoms with van der Waals surface area (Å²) in [5, 5.41) is 5.83. The molecule has 0 unspecified atom stereocenters. The van der Waals surface area contributed by atoms with Crippen LogP contribution in [-0.4, -0.2) is 11.8 Å². The van der Waals surface area contributed by atoms with Crippen molar-refractivity contribution in [1.29, 1.82) is 0 Å². The number of nitrogens with one attached hydrogen (secondary N) is 2. The predicted octanol–water partition coefficient (Wildman–Crippen LogP) is 5.73. The molecule has 0 spiro atoms. The van der Waals surface area contributed by atoms with Gasteiger partial charge in [0.05, 0.1) is 5.02 Å². The zero-order valence-electron chi connectivity index (χ0n) is 14.9. The molecule has 29 heavy (non-hydrogen) atoms. The molecule has 0 aliphatic rings. The van der Waals surface area contributed by atoms with E-state index in [9.17, 15) is 14.0 Å². The number of hydrogen-bond donors (Lipinski definition) is 2. The summed E-state index contributed by atoms with van der Waals surface area (Å²) in [6, 6.07) is 19.4. The van der Waals surface area contributed by atoms with Gasteiger partial charge in [0.1, 0.15) is 17.1 Å². The SMILES string of the molecule is O=C(Nc1c(C(=O)Nc2ccc(F)c(Cl)c2)oc2ccccc12)c1ccccc1. The van der Waals surface area contributed by atoms with E-state index in [0.29, 0.717) is 22.2 Å². The standard InChI is InChI=1S/C22H14ClFN2O3/c23-16-12-14(10-11-17(16)24)25-22(28)20-19(15-8-4-5-9-18(15)29-20)26-21(27)13-6-2-1-3-7-13/h1-12H,(H,25,28)(H,26,27). The summed E-state index contributed by atoms with van der Waals surface area (Å²) in [5.74, 6) is -1.65. The third-order valence-electron chi connectivity index (χ3n) is 4.25. The molecule has 0 saturated carbocycles. The van der Waals surface area contributed by atoms with E-state index in [1.54, 1.807) is 54.6 Å². The quantitative estimate of drug-likeness (QED) is 0.453. The zero-order chi connectivity index (χ0) is 20.4. The molecule has 144 valence electrons. The first-order chi connectivity index (χ1) is 14.0. The van der Waals surface area contributed by atoms with E-state index in [2.05, 4.69) is 10.6 Å². The highest BCUT2D eigenvalue weighted by atomic mass is 35.5. The summed E-state index contributed by atoms with van der Waals surface area (Å²) in [6.07, 6.45) is 0. The van der Waals surface area contributed by atoms with Crippen LogP contribution in [0.2, 0.25) is 5.02 Å². The highest BCUT2D eigenvalue weighted by Gasteiger charge is 2.23. The molecular formula is C22H14ClFN2O3. The zero-order valence-corrected chi connectivity index (χ0v) is 15.7. The maximum atomic E-state index is 13.4. The fourth-order valence-electron chi connectivity index (χ4n) is 2.87. The first-order valence-corrected chi connectivity index (χ1v) is 9.05. The van der Waals surface area contributed by atoms with Gasteiger partial charge in [-0.2, -0.15) is 0 Å². The molecule has 4 aromatic rings. The molecular weight excluding hydrogens is 395 g/mol. The van der Waals surface area contributed by atoms with Crippen LogP contribution in [-0.2, 0) is 0 Å². The van der Waals surface area contributed by atoms with E-state index in [1.807, 2.05) is 0 Å². The van der Waals surface area contributed by atoms with Gasteiger partial charge in [0, 0.05) is 16.6 Å². The number of rotatable bonds is 4. The molecule has 2 N–H and O–H groups in total. The van der Waals surface area contributed by atoms with Gasteiger partial charge in [-0.05, 0) is 42.5 Å². The fraction of sp³-hybridized carbons (Fsp3) is 0. The van der Waals surface area contributed by atoms with E-state index in [0.717, 1.165) is 6.07 Å². The highest BCUT2D eigenvalue weighted by molar-refractivity contribution is 6.31. The first-order valence-electron chi connectivity index (χ1n) is 8.67. The molecule has 0 aliphatic heterocycles. The van der Waals surface area contributed by atoms with Gasteiger partial charge < -0.3 is 15.1 Å². The minimum atomic E-state index is -0.604. The smallest absolute Gasteiger partial charge is 0.293 e. The fourth-order valence-corrected chi connectivity index (χ4v) is 3.05. The monoisotopic (exact) mass is 408 g/mol. The van der Waals surface area contributed by atoms with Crippen LogP contribution < -0.4 is 10.6 Å². The van der Waals surface area contributed by atoms with E-state index in [4.69, 9.17) is 16.0 Å². The number of amides is 2. The van der Waals surface area contributed by atoms with Gasteiger partial charge in [-0.1, -0.05) is 41.9 Å². The number of furan rings is 1. The minimum Gasteiger partial charge on any atom is -0.449 e. The molecule has 3 aromatic carbocycles. The lowest BCUT2D eigenvalue weighted by Gasteiger charge is -2.08. The lowest BCUT2D eigenvalue weighted by Crippen LogP contribution is -2.17. The summed E-state index contributed by atoms with van der Waals surface area (Å²) in [6.45, 7) is 0. The third-order valence-corrected chi connectivity index (χ3v) is 4.54. The van der Waals surface area contributed by atoms with Crippen LogP contribution in [0.5, 0.6) is 0 Å². The Bertz CT molecular complexity index is 1220. The number of carbonyl (C=O) groups excluding carboxylic acids is 2. The normalized spacial score (nSPS) is 10.7. The summed E-state index contributed by atoms with van der Waals surface area (Å²) < 4.78 is 19.0. The Labute approximate surface area is 170 Å². The molecule has 0 bridgehead atoms. The van der Waals surface area contributed by atoms with Gasteiger partial charge in [0.15, 0.2) is 0 Å². The first kappa shape index (κ1) is 18.7. The second kappa shape index (κ2) is 7.77. The molecule has 1 aromatic heterocycles. The van der Waals surface area contributed by atoms with Gasteiger partial charge in [-0.3, -0.25) is 9.59 Å². The van der Waals surface area contributed by atoms with Crippen molar-refractivity contribution in [3.63, 3.8) is 0 Å². The van der Waals surface area contributed by atoms with E-state index in [-0.39, 0.29) is 22.4 Å². The second-order valence-electron chi connectivity index (χ2n) is 6.21. The number of fused-ring (bicyclic) bond motifs is 1. The minimum absolute atomic E-state index is 0.0732. The van der Waals surface area contributed by atoms with Crippen molar-refractivity contribution in [3.8, 4) is 0 Å². The summed E-state index contributed by atoms with van der Waals surface area (Å²) >= 11 is 5.77. The van der Waals surface area contributed by atoms with Crippen molar-refractivity contribution in [1.82, 2.24) is 0 Å². The van der Waals surface area contributed by atoms with Crippen LogP contribution in [0.1, 0.15) is 20.9 Å². The van der Waals surface area contributed by atoms with Crippen LogP contribution in [0.15, 0.2) is 77.2 Å². The van der Waals surface area contributed by atoms with Crippen molar-refractivity contribution in [2.24, 2.45) is 0 Å². The van der Waals surface area contributed by atoms with Gasteiger partial charge in [0.25, 0.3) is 11.8 Å². The highest BCUT2D eigenvalue weighted by Crippen LogP contribution is 2.32. The predicted molar refractivity (Wildman–Crippen MR) is 110 cm³/mol. The summed E-state index contributed by atoms with van der Waals surface area (Å²) in [5.41, 5.74) is 1.43. The Balaban J connectivity index is 1.70. The number of hydrogen-bond acceptors (Lipinski definition) is 3. The van der Waals surface area contributed by atoms with E-state index >= 15 is 0 Å². The number of halogens is 2. The molecule has 0 atom stereocenters. The topological polar surface area (TPSA) is 71.3 Å². The van der Waals surface area contributed by atoms with Crippen molar-refractivity contribution in [2.75, 3.05) is 10.6 Å². The Morgan fingerprint density at radius 3 is 2.34 bits per heavy atom. The lowest BCUT2D eigenvalue weighted by atomic mass is 10.1. The van der Waals surface area contributed by atoms with Crippen LogP contribution >= 0.6 is 11.6 Å². The van der Waals surface area contributed by atoms with Crippen molar-refractivity contribution >= 4 is 45.8 Å². The summed E-state index contributed by atoms with van der Waals surface area (Å²) in [7, 11) is 0. The Morgan fingerprint density at radius 2 is 1.59 bits per heavy atom. The average Bonchev–Trinajstić information content (AvgIpc) is 3.10. The molecule has 4 rings (SSSR count). The third kappa shape index (κ3) is 3.83. The Hall–Kier alpha value is -3.64. The van der Waals surface area contributed by atoms with E-state index < -0.39 is 11.7 Å². The molecule has 0 radical (unpaired) electrons. The Morgan fingerprint density at radius 1 is 0.862 bits per heavy atom. The van der Waals surface area contributed by atoms with E-state index in [1.165, 1.54) is 12.1 Å². The number of para-hydroxylation sites is 1. The van der Waals surface area contributed by atoms with Crippen LogP contribution in [0.3, 0.4) is 0 Å². The Kier molecular flexibility index (Phi) is 5.01. The lowest BCUT2D eigenvalue weighted by molar-refractivity contribution is 0.0999. The molecule has 2 amide bonds. The van der Waals surface area contributed by atoms with Crippen molar-refractivity contribution in [3.05, 3.63) is 95.0 Å². The number of benzene rings is 3. The molecule has 0 saturated heterocycles. The maximum Gasteiger partial charge on any atom is 0.293 e. The maximum absolute atomic E-state index is 13.4. The number of anilines is 2. The van der Waals surface area contributed by atoms with Gasteiger partial charge >= 0.3 is 0 Å². The second-order valence-corrected chi connectivity index (χ2v) is 6.61. The molecule has 1 heterocycles.